The summed E-state index contributed by atoms with van der Waals surface area (Å²) in [7, 11) is 0. The summed E-state index contributed by atoms with van der Waals surface area (Å²) in [5.41, 5.74) is 1.29. The van der Waals surface area contributed by atoms with E-state index in [4.69, 9.17) is 11.6 Å². The van der Waals surface area contributed by atoms with E-state index >= 15 is 0 Å². The van der Waals surface area contributed by atoms with Crippen LogP contribution >= 0.6 is 22.9 Å². The van der Waals surface area contributed by atoms with Crippen molar-refractivity contribution in [3.05, 3.63) is 75.3 Å². The van der Waals surface area contributed by atoms with Gasteiger partial charge in [0.15, 0.2) is 5.78 Å². The SMILES string of the molecule is O=C(CCC(=O)c1ccc(Cl)cc1)Nc1nnc(CCN2C(=O)c3ccccc3C2=O)s1. The van der Waals surface area contributed by atoms with Gasteiger partial charge >= 0.3 is 0 Å². The Morgan fingerprint density at radius 2 is 1.59 bits per heavy atom. The highest BCUT2D eigenvalue weighted by molar-refractivity contribution is 7.15. The molecule has 10 heteroatoms. The number of hydrogen-bond donors (Lipinski definition) is 1. The van der Waals surface area contributed by atoms with Crippen LogP contribution in [-0.2, 0) is 11.2 Å². The van der Waals surface area contributed by atoms with Gasteiger partial charge in [-0.05, 0) is 36.4 Å². The van der Waals surface area contributed by atoms with Crippen LogP contribution in [0.15, 0.2) is 48.5 Å². The first-order chi connectivity index (χ1) is 15.4. The number of carbonyl (C=O) groups excluding carboxylic acids is 4. The summed E-state index contributed by atoms with van der Waals surface area (Å²) >= 11 is 6.97. The second-order valence-electron chi connectivity index (χ2n) is 7.04. The van der Waals surface area contributed by atoms with Crippen LogP contribution in [0.3, 0.4) is 0 Å². The van der Waals surface area contributed by atoms with Gasteiger partial charge in [0.25, 0.3) is 11.8 Å². The van der Waals surface area contributed by atoms with Crippen LogP contribution < -0.4 is 5.32 Å². The van der Waals surface area contributed by atoms with Crippen LogP contribution in [0.5, 0.6) is 0 Å². The molecule has 0 fully saturated rings. The molecule has 0 atom stereocenters. The van der Waals surface area contributed by atoms with Gasteiger partial charge < -0.3 is 5.32 Å². The van der Waals surface area contributed by atoms with E-state index in [0.29, 0.717) is 38.3 Å². The Kier molecular flexibility index (Phi) is 6.38. The minimum absolute atomic E-state index is 0.00537. The molecule has 1 aliphatic heterocycles. The van der Waals surface area contributed by atoms with Gasteiger partial charge in [-0.25, -0.2) is 0 Å². The number of imide groups is 1. The molecule has 4 rings (SSSR count). The van der Waals surface area contributed by atoms with Gasteiger partial charge in [-0.1, -0.05) is 35.1 Å². The highest BCUT2D eigenvalue weighted by Gasteiger charge is 2.34. The molecule has 0 saturated carbocycles. The first-order valence-electron chi connectivity index (χ1n) is 9.78. The van der Waals surface area contributed by atoms with Gasteiger partial charge in [0, 0.05) is 36.4 Å². The number of anilines is 1. The smallest absolute Gasteiger partial charge is 0.261 e. The van der Waals surface area contributed by atoms with E-state index in [2.05, 4.69) is 15.5 Å². The van der Waals surface area contributed by atoms with Gasteiger partial charge in [0.05, 0.1) is 11.1 Å². The van der Waals surface area contributed by atoms with Crippen molar-refractivity contribution in [2.75, 3.05) is 11.9 Å². The number of Topliss-reactive ketones (excluding diaryl/α,β-unsaturated/α-hetero) is 1. The minimum atomic E-state index is -0.352. The van der Waals surface area contributed by atoms with Gasteiger partial charge in [0.1, 0.15) is 5.01 Å². The number of nitrogens with one attached hydrogen (secondary N) is 1. The molecule has 0 aliphatic carbocycles. The molecule has 1 aliphatic rings. The molecule has 3 amide bonds. The molecule has 8 nitrogen and oxygen atoms in total. The average molecular weight is 469 g/mol. The second kappa shape index (κ2) is 9.37. The van der Waals surface area contributed by atoms with Crippen molar-refractivity contribution >= 4 is 51.6 Å². The van der Waals surface area contributed by atoms with Gasteiger partial charge in [-0.2, -0.15) is 0 Å². The number of carbonyl (C=O) groups is 4. The molecular formula is C22H17ClN4O4S. The number of rotatable bonds is 8. The monoisotopic (exact) mass is 468 g/mol. The van der Waals surface area contributed by atoms with Crippen molar-refractivity contribution in [3.63, 3.8) is 0 Å². The standard InChI is InChI=1S/C22H17ClN4O4S/c23-14-7-5-13(6-8-14)17(28)9-10-18(29)24-22-26-25-19(32-22)11-12-27-20(30)15-3-1-2-4-16(15)21(27)31/h1-8H,9-12H2,(H,24,26,29). The fraction of sp³-hybridized carbons (Fsp3) is 0.182. The Balaban J connectivity index is 1.26. The van der Waals surface area contributed by atoms with Crippen LogP contribution in [0.2, 0.25) is 5.02 Å². The fourth-order valence-electron chi connectivity index (χ4n) is 3.24. The van der Waals surface area contributed by atoms with Crippen LogP contribution in [0, 0.1) is 0 Å². The van der Waals surface area contributed by atoms with E-state index in [1.54, 1.807) is 48.5 Å². The molecule has 0 radical (unpaired) electrons. The van der Waals surface area contributed by atoms with Crippen LogP contribution in [-0.4, -0.2) is 45.1 Å². The molecular weight excluding hydrogens is 452 g/mol. The average Bonchev–Trinajstić information content (AvgIpc) is 3.33. The molecule has 2 heterocycles. The van der Waals surface area contributed by atoms with Crippen molar-refractivity contribution in [3.8, 4) is 0 Å². The van der Waals surface area contributed by atoms with Crippen molar-refractivity contribution in [1.29, 1.82) is 0 Å². The first kappa shape index (κ1) is 21.8. The predicted molar refractivity (Wildman–Crippen MR) is 119 cm³/mol. The summed E-state index contributed by atoms with van der Waals surface area (Å²) in [6.07, 6.45) is 0.387. The van der Waals surface area contributed by atoms with Crippen molar-refractivity contribution in [2.24, 2.45) is 0 Å². The van der Waals surface area contributed by atoms with Crippen LogP contribution in [0.4, 0.5) is 5.13 Å². The van der Waals surface area contributed by atoms with Gasteiger partial charge in [0.2, 0.25) is 11.0 Å². The topological polar surface area (TPSA) is 109 Å². The Bertz CT molecular complexity index is 1170. The molecule has 0 unspecified atom stereocenters. The quantitative estimate of drug-likeness (QED) is 0.399. The summed E-state index contributed by atoms with van der Waals surface area (Å²) in [4.78, 5) is 50.3. The van der Waals surface area contributed by atoms with E-state index < -0.39 is 0 Å². The van der Waals surface area contributed by atoms with Crippen molar-refractivity contribution in [2.45, 2.75) is 19.3 Å². The Labute approximate surface area is 192 Å². The Morgan fingerprint density at radius 1 is 0.938 bits per heavy atom. The second-order valence-corrected chi connectivity index (χ2v) is 8.54. The summed E-state index contributed by atoms with van der Waals surface area (Å²) in [6, 6.07) is 13.2. The van der Waals surface area contributed by atoms with E-state index in [1.165, 1.54) is 4.90 Å². The largest absolute Gasteiger partial charge is 0.301 e. The highest BCUT2D eigenvalue weighted by Crippen LogP contribution is 2.23. The summed E-state index contributed by atoms with van der Waals surface area (Å²) in [6.45, 7) is 0.171. The maximum atomic E-state index is 12.4. The maximum absolute atomic E-state index is 12.4. The maximum Gasteiger partial charge on any atom is 0.261 e. The van der Waals surface area contributed by atoms with Crippen molar-refractivity contribution < 1.29 is 19.2 Å². The Morgan fingerprint density at radius 3 is 2.25 bits per heavy atom. The lowest BCUT2D eigenvalue weighted by Crippen LogP contribution is -2.31. The lowest BCUT2D eigenvalue weighted by molar-refractivity contribution is -0.116. The fourth-order valence-corrected chi connectivity index (χ4v) is 4.11. The predicted octanol–water partition coefficient (Wildman–Crippen LogP) is 3.63. The summed E-state index contributed by atoms with van der Waals surface area (Å²) in [5.74, 6) is -1.16. The zero-order valence-corrected chi connectivity index (χ0v) is 18.3. The number of ketones is 1. The molecule has 1 aromatic heterocycles. The number of amides is 3. The molecule has 32 heavy (non-hydrogen) atoms. The molecule has 0 saturated heterocycles. The number of aromatic nitrogens is 2. The lowest BCUT2D eigenvalue weighted by Gasteiger charge is -2.12. The molecule has 162 valence electrons. The third-order valence-electron chi connectivity index (χ3n) is 4.89. The number of fused-ring (bicyclic) bond motifs is 1. The molecule has 2 aromatic carbocycles. The normalized spacial score (nSPS) is 12.7. The molecule has 0 bridgehead atoms. The van der Waals surface area contributed by atoms with Crippen molar-refractivity contribution in [1.82, 2.24) is 15.1 Å². The lowest BCUT2D eigenvalue weighted by atomic mass is 10.1. The third kappa shape index (κ3) is 4.74. The third-order valence-corrected chi connectivity index (χ3v) is 6.04. The number of halogens is 1. The van der Waals surface area contributed by atoms with Gasteiger partial charge in [-0.3, -0.25) is 24.1 Å². The summed E-state index contributed by atoms with van der Waals surface area (Å²) in [5, 5.41) is 12.0. The molecule has 3 aromatic rings. The number of benzene rings is 2. The number of nitrogens with zero attached hydrogens (tertiary/aromatic N) is 3. The minimum Gasteiger partial charge on any atom is -0.301 e. The first-order valence-corrected chi connectivity index (χ1v) is 11.0. The van der Waals surface area contributed by atoms with Gasteiger partial charge in [-0.15, -0.1) is 10.2 Å². The molecule has 1 N–H and O–H groups in total. The Hall–Kier alpha value is -3.43. The zero-order chi connectivity index (χ0) is 22.7. The summed E-state index contributed by atoms with van der Waals surface area (Å²) < 4.78 is 0. The van der Waals surface area contributed by atoms with E-state index in [-0.39, 0.29) is 42.9 Å². The van der Waals surface area contributed by atoms with E-state index in [0.717, 1.165) is 11.3 Å². The van der Waals surface area contributed by atoms with E-state index in [9.17, 15) is 19.2 Å². The highest BCUT2D eigenvalue weighted by atomic mass is 35.5. The molecule has 0 spiro atoms. The number of hydrogen-bond acceptors (Lipinski definition) is 7. The van der Waals surface area contributed by atoms with Crippen LogP contribution in [0.1, 0.15) is 48.9 Å². The van der Waals surface area contributed by atoms with Crippen LogP contribution in [0.25, 0.3) is 0 Å². The van der Waals surface area contributed by atoms with E-state index in [1.807, 2.05) is 0 Å². The zero-order valence-electron chi connectivity index (χ0n) is 16.7.